The molecule has 1 fully saturated rings. The zero-order valence-corrected chi connectivity index (χ0v) is 8.96. The number of halogens is 2. The molecule has 1 aromatic carbocycles. The normalized spacial score (nSPS) is 32.9. The molecule has 0 N–H and O–H groups in total. The minimum atomic E-state index is -1.05. The summed E-state index contributed by atoms with van der Waals surface area (Å²) < 4.78 is 10.7. The van der Waals surface area contributed by atoms with Crippen LogP contribution in [0.15, 0.2) is 30.3 Å². The van der Waals surface area contributed by atoms with Crippen molar-refractivity contribution in [3.63, 3.8) is 0 Å². The van der Waals surface area contributed by atoms with Gasteiger partial charge in [-0.1, -0.05) is 53.5 Å². The third-order valence-electron chi connectivity index (χ3n) is 2.12. The minimum Gasteiger partial charge on any atom is -0.355 e. The predicted molar refractivity (Wildman–Crippen MR) is 55.5 cm³/mol. The standard InChI is InChI=1S/C10H10Cl2O2/c11-9-10(12,14-7-6-13-9)8-4-2-1-3-5-8/h1-5,9H,6-7H2. The van der Waals surface area contributed by atoms with Crippen LogP contribution in [-0.2, 0) is 14.5 Å². The summed E-state index contributed by atoms with van der Waals surface area (Å²) >= 11 is 12.3. The van der Waals surface area contributed by atoms with E-state index in [9.17, 15) is 0 Å². The Bertz CT molecular complexity index is 304. The van der Waals surface area contributed by atoms with Crippen LogP contribution in [0.3, 0.4) is 0 Å². The molecule has 0 radical (unpaired) electrons. The van der Waals surface area contributed by atoms with Gasteiger partial charge in [0.1, 0.15) is 0 Å². The second-order valence-corrected chi connectivity index (χ2v) is 4.00. The lowest BCUT2D eigenvalue weighted by Crippen LogP contribution is -2.41. The average Bonchev–Trinajstić information content (AvgIpc) is 2.24. The molecule has 1 aliphatic heterocycles. The first-order chi connectivity index (χ1) is 6.73. The largest absolute Gasteiger partial charge is 0.355 e. The molecule has 14 heavy (non-hydrogen) atoms. The van der Waals surface area contributed by atoms with Gasteiger partial charge < -0.3 is 9.47 Å². The zero-order chi connectivity index (χ0) is 10.0. The predicted octanol–water partition coefficient (Wildman–Crippen LogP) is 2.69. The van der Waals surface area contributed by atoms with Crippen LogP contribution in [0.2, 0.25) is 0 Å². The summed E-state index contributed by atoms with van der Waals surface area (Å²) in [5, 5.41) is -1.05. The van der Waals surface area contributed by atoms with E-state index in [4.69, 9.17) is 32.7 Å². The number of ether oxygens (including phenoxy) is 2. The van der Waals surface area contributed by atoms with Crippen LogP contribution in [0, 0.1) is 0 Å². The van der Waals surface area contributed by atoms with E-state index < -0.39 is 10.6 Å². The summed E-state index contributed by atoms with van der Waals surface area (Å²) in [6.45, 7) is 0.942. The molecule has 4 heteroatoms. The van der Waals surface area contributed by atoms with E-state index in [0.717, 1.165) is 5.56 Å². The smallest absolute Gasteiger partial charge is 0.207 e. The zero-order valence-electron chi connectivity index (χ0n) is 7.45. The van der Waals surface area contributed by atoms with Crippen molar-refractivity contribution in [3.05, 3.63) is 35.9 Å². The lowest BCUT2D eigenvalue weighted by molar-refractivity contribution is -0.135. The van der Waals surface area contributed by atoms with Gasteiger partial charge in [0.15, 0.2) is 5.56 Å². The quantitative estimate of drug-likeness (QED) is 0.694. The van der Waals surface area contributed by atoms with Gasteiger partial charge in [-0.15, -0.1) is 0 Å². The molecule has 1 heterocycles. The molecule has 2 atom stereocenters. The third-order valence-corrected chi connectivity index (χ3v) is 3.19. The molecule has 76 valence electrons. The molecule has 0 aromatic heterocycles. The minimum absolute atomic E-state index is 0.460. The van der Waals surface area contributed by atoms with Crippen molar-refractivity contribution in [1.82, 2.24) is 0 Å². The van der Waals surface area contributed by atoms with E-state index in [1.807, 2.05) is 30.3 Å². The van der Waals surface area contributed by atoms with Gasteiger partial charge in [0.2, 0.25) is 5.06 Å². The van der Waals surface area contributed by atoms with Gasteiger partial charge in [-0.2, -0.15) is 0 Å². The molecule has 2 rings (SSSR count). The van der Waals surface area contributed by atoms with E-state index in [-0.39, 0.29) is 0 Å². The van der Waals surface area contributed by atoms with Crippen molar-refractivity contribution in [2.45, 2.75) is 10.6 Å². The number of rotatable bonds is 1. The van der Waals surface area contributed by atoms with E-state index >= 15 is 0 Å². The van der Waals surface area contributed by atoms with Crippen LogP contribution < -0.4 is 0 Å². The summed E-state index contributed by atoms with van der Waals surface area (Å²) in [7, 11) is 0. The summed E-state index contributed by atoms with van der Waals surface area (Å²) in [6, 6.07) is 9.44. The molecule has 0 spiro atoms. The topological polar surface area (TPSA) is 18.5 Å². The molecule has 0 saturated carbocycles. The molecule has 0 aliphatic carbocycles. The maximum atomic E-state index is 6.27. The lowest BCUT2D eigenvalue weighted by Gasteiger charge is -2.35. The fourth-order valence-electron chi connectivity index (χ4n) is 1.39. The third kappa shape index (κ3) is 1.75. The monoisotopic (exact) mass is 232 g/mol. The van der Waals surface area contributed by atoms with Crippen molar-refractivity contribution in [2.24, 2.45) is 0 Å². The van der Waals surface area contributed by atoms with Crippen molar-refractivity contribution in [3.8, 4) is 0 Å². The Morgan fingerprint density at radius 3 is 2.57 bits per heavy atom. The Kier molecular flexibility index (Phi) is 2.98. The highest BCUT2D eigenvalue weighted by Crippen LogP contribution is 2.39. The summed E-state index contributed by atoms with van der Waals surface area (Å²) in [6.07, 6.45) is 0. The Morgan fingerprint density at radius 2 is 1.93 bits per heavy atom. The van der Waals surface area contributed by atoms with Crippen LogP contribution in [0.5, 0.6) is 0 Å². The van der Waals surface area contributed by atoms with Crippen LogP contribution in [0.25, 0.3) is 0 Å². The summed E-state index contributed by atoms with van der Waals surface area (Å²) in [5.41, 5.74) is 0.168. The van der Waals surface area contributed by atoms with Crippen LogP contribution in [0.1, 0.15) is 5.56 Å². The van der Waals surface area contributed by atoms with Gasteiger partial charge in [-0.05, 0) is 0 Å². The van der Waals surface area contributed by atoms with E-state index in [0.29, 0.717) is 13.2 Å². The molecule has 0 bridgehead atoms. The van der Waals surface area contributed by atoms with Crippen molar-refractivity contribution >= 4 is 23.2 Å². The molecule has 0 amide bonds. The Labute approximate surface area is 92.7 Å². The first-order valence-corrected chi connectivity index (χ1v) is 5.19. The fraction of sp³-hybridized carbons (Fsp3) is 0.400. The van der Waals surface area contributed by atoms with E-state index in [2.05, 4.69) is 0 Å². The summed E-state index contributed by atoms with van der Waals surface area (Å²) in [4.78, 5) is 0. The van der Waals surface area contributed by atoms with E-state index in [1.165, 1.54) is 0 Å². The average molecular weight is 233 g/mol. The van der Waals surface area contributed by atoms with E-state index in [1.54, 1.807) is 0 Å². The number of benzene rings is 1. The SMILES string of the molecule is ClC1OCCOC1(Cl)c1ccccc1. The molecular formula is C10H10Cl2O2. The van der Waals surface area contributed by atoms with Gasteiger partial charge in [0, 0.05) is 5.56 Å². The Morgan fingerprint density at radius 1 is 1.21 bits per heavy atom. The molecule has 1 aromatic rings. The Hall–Kier alpha value is -0.280. The van der Waals surface area contributed by atoms with Gasteiger partial charge in [0.05, 0.1) is 13.2 Å². The van der Waals surface area contributed by atoms with Gasteiger partial charge in [0.25, 0.3) is 0 Å². The van der Waals surface area contributed by atoms with Crippen LogP contribution in [0.4, 0.5) is 0 Å². The highest BCUT2D eigenvalue weighted by Gasteiger charge is 2.42. The molecule has 1 saturated heterocycles. The van der Waals surface area contributed by atoms with Crippen LogP contribution >= 0.6 is 23.2 Å². The van der Waals surface area contributed by atoms with Crippen molar-refractivity contribution in [2.75, 3.05) is 13.2 Å². The first kappa shape index (κ1) is 10.2. The maximum absolute atomic E-state index is 6.27. The maximum Gasteiger partial charge on any atom is 0.207 e. The number of hydrogen-bond acceptors (Lipinski definition) is 2. The second-order valence-electron chi connectivity index (χ2n) is 3.05. The molecule has 2 nitrogen and oxygen atoms in total. The Balaban J connectivity index is 2.30. The van der Waals surface area contributed by atoms with Gasteiger partial charge >= 0.3 is 0 Å². The first-order valence-electron chi connectivity index (χ1n) is 4.37. The van der Waals surface area contributed by atoms with Crippen molar-refractivity contribution in [1.29, 1.82) is 0 Å². The van der Waals surface area contributed by atoms with Crippen LogP contribution in [-0.4, -0.2) is 18.8 Å². The fourth-order valence-corrected chi connectivity index (χ4v) is 1.94. The highest BCUT2D eigenvalue weighted by molar-refractivity contribution is 6.31. The van der Waals surface area contributed by atoms with Gasteiger partial charge in [-0.3, -0.25) is 0 Å². The number of hydrogen-bond donors (Lipinski definition) is 0. The molecular weight excluding hydrogens is 223 g/mol. The second kappa shape index (κ2) is 4.07. The molecule has 1 aliphatic rings. The number of alkyl halides is 2. The summed E-state index contributed by atoms with van der Waals surface area (Å²) in [5.74, 6) is 0. The molecule has 2 unspecified atom stereocenters. The highest BCUT2D eigenvalue weighted by atomic mass is 35.5. The van der Waals surface area contributed by atoms with Gasteiger partial charge in [-0.25, -0.2) is 0 Å². The lowest BCUT2D eigenvalue weighted by atomic mass is 10.1. The van der Waals surface area contributed by atoms with Crippen molar-refractivity contribution < 1.29 is 9.47 Å².